The van der Waals surface area contributed by atoms with Crippen LogP contribution in [0.5, 0.6) is 11.6 Å². The monoisotopic (exact) mass is 434 g/mol. The maximum atomic E-state index is 13.3. The maximum Gasteiger partial charge on any atom is 0.219 e. The fourth-order valence-corrected chi connectivity index (χ4v) is 4.50. The number of guanidine groups is 1. The predicted molar refractivity (Wildman–Crippen MR) is 115 cm³/mol. The fourth-order valence-electron chi connectivity index (χ4n) is 3.13. The molecule has 0 saturated carbocycles. The average molecular weight is 435 g/mol. The Morgan fingerprint density at radius 1 is 1.33 bits per heavy atom. The number of halogens is 1. The van der Waals surface area contributed by atoms with Crippen molar-refractivity contribution >= 4 is 15.8 Å². The summed E-state index contributed by atoms with van der Waals surface area (Å²) in [5.74, 6) is 1.16. The van der Waals surface area contributed by atoms with Gasteiger partial charge < -0.3 is 15.0 Å². The number of nitrogens with one attached hydrogen (secondary N) is 1. The average Bonchev–Trinajstić information content (AvgIpc) is 2.68. The Labute approximate surface area is 176 Å². The number of ether oxygens (including phenoxy) is 1. The smallest absolute Gasteiger partial charge is 0.219 e. The number of benzene rings is 1. The summed E-state index contributed by atoms with van der Waals surface area (Å²) >= 11 is 0. The van der Waals surface area contributed by atoms with Crippen molar-refractivity contribution < 1.29 is 17.5 Å². The van der Waals surface area contributed by atoms with E-state index in [1.807, 2.05) is 17.9 Å². The first-order valence-electron chi connectivity index (χ1n) is 9.84. The van der Waals surface area contributed by atoms with Crippen molar-refractivity contribution in [2.45, 2.75) is 32.1 Å². The molecule has 0 atom stereocenters. The Morgan fingerprint density at radius 3 is 2.77 bits per heavy atom. The molecule has 2 aromatic rings. The van der Waals surface area contributed by atoms with Gasteiger partial charge >= 0.3 is 0 Å². The summed E-state index contributed by atoms with van der Waals surface area (Å²) in [5.41, 5.74) is 0.876. The van der Waals surface area contributed by atoms with E-state index in [-0.39, 0.29) is 11.6 Å². The predicted octanol–water partition coefficient (Wildman–Crippen LogP) is 2.99. The van der Waals surface area contributed by atoms with E-state index in [0.29, 0.717) is 43.8 Å². The van der Waals surface area contributed by atoms with Crippen molar-refractivity contribution in [3.05, 3.63) is 54.0 Å². The molecule has 0 amide bonds. The highest BCUT2D eigenvalue weighted by molar-refractivity contribution is 7.92. The summed E-state index contributed by atoms with van der Waals surface area (Å²) in [4.78, 5) is 10.9. The second kappa shape index (κ2) is 8.99. The highest BCUT2D eigenvalue weighted by atomic mass is 32.2. The van der Waals surface area contributed by atoms with Crippen LogP contribution in [0.25, 0.3) is 0 Å². The maximum absolute atomic E-state index is 13.3. The van der Waals surface area contributed by atoms with Crippen LogP contribution in [-0.4, -0.2) is 54.4 Å². The third-order valence-electron chi connectivity index (χ3n) is 4.91. The molecule has 1 aliphatic rings. The molecule has 0 radical (unpaired) electrons. The van der Waals surface area contributed by atoms with Gasteiger partial charge in [0.1, 0.15) is 11.6 Å². The summed E-state index contributed by atoms with van der Waals surface area (Å²) in [6.07, 6.45) is 1.66. The quantitative estimate of drug-likeness (QED) is 0.575. The van der Waals surface area contributed by atoms with Gasteiger partial charge in [0.25, 0.3) is 0 Å². The lowest BCUT2D eigenvalue weighted by Gasteiger charge is -2.39. The molecule has 7 nitrogen and oxygen atoms in total. The summed E-state index contributed by atoms with van der Waals surface area (Å²) in [6.45, 7) is 7.34. The first kappa shape index (κ1) is 22.0. The Morgan fingerprint density at radius 2 is 2.13 bits per heavy atom. The van der Waals surface area contributed by atoms with E-state index in [1.165, 1.54) is 12.1 Å². The first-order chi connectivity index (χ1) is 14.2. The van der Waals surface area contributed by atoms with Crippen molar-refractivity contribution in [2.24, 2.45) is 4.99 Å². The number of pyridine rings is 1. The Balaban J connectivity index is 1.67. The van der Waals surface area contributed by atoms with Crippen LogP contribution in [0.2, 0.25) is 0 Å². The van der Waals surface area contributed by atoms with Crippen molar-refractivity contribution in [3.8, 4) is 11.6 Å². The Bertz CT molecular complexity index is 1010. The molecule has 1 aromatic heterocycles. The molecule has 1 N–H and O–H groups in total. The van der Waals surface area contributed by atoms with E-state index in [4.69, 9.17) is 4.74 Å². The molecular weight excluding hydrogens is 407 g/mol. The van der Waals surface area contributed by atoms with Crippen LogP contribution < -0.4 is 10.1 Å². The lowest BCUT2D eigenvalue weighted by molar-refractivity contribution is 0.353. The van der Waals surface area contributed by atoms with Crippen LogP contribution in [0.15, 0.2) is 47.6 Å². The number of hydrogen-bond donors (Lipinski definition) is 1. The number of rotatable bonds is 5. The van der Waals surface area contributed by atoms with Gasteiger partial charge in [-0.3, -0.25) is 0 Å². The van der Waals surface area contributed by atoms with E-state index in [2.05, 4.69) is 15.3 Å². The van der Waals surface area contributed by atoms with Crippen molar-refractivity contribution in [2.75, 3.05) is 25.4 Å². The van der Waals surface area contributed by atoms with Gasteiger partial charge in [0, 0.05) is 38.0 Å². The molecule has 3 rings (SSSR count). The number of sulfone groups is 1. The van der Waals surface area contributed by atoms with E-state index in [0.717, 1.165) is 5.56 Å². The van der Waals surface area contributed by atoms with Gasteiger partial charge in [0.2, 0.25) is 5.88 Å². The summed E-state index contributed by atoms with van der Waals surface area (Å²) in [7, 11) is -3.11. The number of aromatic nitrogens is 1. The standard InChI is InChI=1S/C21H27FN4O3S/c1-4-23-20(26-10-11-30(27,28)21(2,3)15-26)25-14-16-8-9-19(24-13-16)29-18-7-5-6-17(22)12-18/h5-9,12-13H,4,10-11,14-15H2,1-3H3,(H,23,25). The summed E-state index contributed by atoms with van der Waals surface area (Å²) in [5, 5.41) is 3.24. The first-order valence-corrected chi connectivity index (χ1v) is 11.5. The molecule has 162 valence electrons. The van der Waals surface area contributed by atoms with Gasteiger partial charge in [0.05, 0.1) is 17.0 Å². The van der Waals surface area contributed by atoms with Gasteiger partial charge in [-0.05, 0) is 38.5 Å². The lowest BCUT2D eigenvalue weighted by Crippen LogP contribution is -2.57. The molecule has 0 aliphatic carbocycles. The second-order valence-electron chi connectivity index (χ2n) is 7.73. The molecule has 2 heterocycles. The van der Waals surface area contributed by atoms with E-state index in [1.54, 1.807) is 38.2 Å². The van der Waals surface area contributed by atoms with Gasteiger partial charge in [-0.2, -0.15) is 0 Å². The molecule has 1 aliphatic heterocycles. The van der Waals surface area contributed by atoms with E-state index < -0.39 is 14.6 Å². The highest BCUT2D eigenvalue weighted by Crippen LogP contribution is 2.24. The van der Waals surface area contributed by atoms with Crippen molar-refractivity contribution in [1.82, 2.24) is 15.2 Å². The summed E-state index contributed by atoms with van der Waals surface area (Å²) < 4.78 is 42.5. The molecular formula is C21H27FN4O3S. The zero-order chi connectivity index (χ0) is 21.8. The third kappa shape index (κ3) is 5.27. The van der Waals surface area contributed by atoms with Gasteiger partial charge in [-0.15, -0.1) is 0 Å². The Kier molecular flexibility index (Phi) is 6.60. The molecule has 1 fully saturated rings. The molecule has 0 bridgehead atoms. The number of hydrogen-bond acceptors (Lipinski definition) is 5. The largest absolute Gasteiger partial charge is 0.439 e. The Hall–Kier alpha value is -2.68. The van der Waals surface area contributed by atoms with Crippen molar-refractivity contribution in [1.29, 1.82) is 0 Å². The number of nitrogens with zero attached hydrogens (tertiary/aromatic N) is 3. The normalized spacial score (nSPS) is 18.1. The third-order valence-corrected chi connectivity index (χ3v) is 7.44. The van der Waals surface area contributed by atoms with Crippen LogP contribution in [0, 0.1) is 5.82 Å². The van der Waals surface area contributed by atoms with E-state index in [9.17, 15) is 12.8 Å². The van der Waals surface area contributed by atoms with Crippen LogP contribution >= 0.6 is 0 Å². The number of aliphatic imine (C=N–C) groups is 1. The molecule has 30 heavy (non-hydrogen) atoms. The molecule has 1 aromatic carbocycles. The summed E-state index contributed by atoms with van der Waals surface area (Å²) in [6, 6.07) is 9.43. The molecule has 9 heteroatoms. The van der Waals surface area contributed by atoms with Gasteiger partial charge in [-0.25, -0.2) is 22.8 Å². The lowest BCUT2D eigenvalue weighted by atomic mass is 10.2. The minimum absolute atomic E-state index is 0.109. The minimum Gasteiger partial charge on any atom is -0.439 e. The topological polar surface area (TPSA) is 83.9 Å². The van der Waals surface area contributed by atoms with Crippen LogP contribution in [0.3, 0.4) is 0 Å². The minimum atomic E-state index is -3.11. The SMILES string of the molecule is CCNC(=NCc1ccc(Oc2cccc(F)c2)nc1)N1CCS(=O)(=O)C(C)(C)C1. The zero-order valence-electron chi connectivity index (χ0n) is 17.4. The van der Waals surface area contributed by atoms with E-state index >= 15 is 0 Å². The van der Waals surface area contributed by atoms with Crippen LogP contribution in [-0.2, 0) is 16.4 Å². The highest BCUT2D eigenvalue weighted by Gasteiger charge is 2.40. The van der Waals surface area contributed by atoms with Crippen LogP contribution in [0.4, 0.5) is 4.39 Å². The van der Waals surface area contributed by atoms with Crippen molar-refractivity contribution in [3.63, 3.8) is 0 Å². The van der Waals surface area contributed by atoms with Gasteiger partial charge in [0.15, 0.2) is 15.8 Å². The van der Waals surface area contributed by atoms with Gasteiger partial charge in [-0.1, -0.05) is 12.1 Å². The second-order valence-corrected chi connectivity index (χ2v) is 10.5. The molecule has 1 saturated heterocycles. The molecule has 0 spiro atoms. The zero-order valence-corrected chi connectivity index (χ0v) is 18.2. The fraction of sp³-hybridized carbons (Fsp3) is 0.429. The van der Waals surface area contributed by atoms with Crippen LogP contribution in [0.1, 0.15) is 26.3 Å². The molecule has 0 unspecified atom stereocenters.